The van der Waals surface area contributed by atoms with Crippen LogP contribution in [0.1, 0.15) is 17.2 Å². The van der Waals surface area contributed by atoms with Crippen molar-refractivity contribution >= 4 is 0 Å². The van der Waals surface area contributed by atoms with Crippen LogP contribution in [0.4, 0.5) is 0 Å². The zero-order chi connectivity index (χ0) is 16.2. The average Bonchev–Trinajstić information content (AvgIpc) is 3.22. The number of aryl methyl sites for hydroxylation is 2. The van der Waals surface area contributed by atoms with E-state index in [1.54, 1.807) is 0 Å². The molecule has 1 fully saturated rings. The summed E-state index contributed by atoms with van der Waals surface area (Å²) in [4.78, 5) is 7.14. The number of benzene rings is 1. The summed E-state index contributed by atoms with van der Waals surface area (Å²) >= 11 is 0. The molecule has 4 rings (SSSR count). The molecule has 0 N–H and O–H groups in total. The van der Waals surface area contributed by atoms with Crippen molar-refractivity contribution in [3.05, 3.63) is 47.5 Å². The lowest BCUT2D eigenvalue weighted by Crippen LogP contribution is -2.35. The fourth-order valence-corrected chi connectivity index (χ4v) is 3.31. The van der Waals surface area contributed by atoms with Gasteiger partial charge in [-0.25, -0.2) is 9.67 Å². The summed E-state index contributed by atoms with van der Waals surface area (Å²) < 4.78 is 13.2. The Balaban J connectivity index is 1.32. The first kappa shape index (κ1) is 15.7. The Hall–Kier alpha value is -1.76. The van der Waals surface area contributed by atoms with E-state index in [1.807, 2.05) is 6.07 Å². The van der Waals surface area contributed by atoms with Gasteiger partial charge in [0.1, 0.15) is 5.82 Å². The number of rotatable bonds is 5. The van der Waals surface area contributed by atoms with Gasteiger partial charge in [-0.05, 0) is 12.0 Å². The van der Waals surface area contributed by atoms with E-state index < -0.39 is 0 Å². The fraction of sp³-hybridized carbons (Fsp3) is 0.556. The van der Waals surface area contributed by atoms with Crippen molar-refractivity contribution < 1.29 is 9.47 Å². The van der Waals surface area contributed by atoms with Gasteiger partial charge in [-0.3, -0.25) is 4.90 Å². The maximum atomic E-state index is 5.55. The molecule has 2 aliphatic heterocycles. The molecule has 1 aromatic carbocycles. The largest absolute Gasteiger partial charge is 0.349 e. The van der Waals surface area contributed by atoms with Crippen LogP contribution in [0.2, 0.25) is 0 Å². The Morgan fingerprint density at radius 2 is 1.83 bits per heavy atom. The summed E-state index contributed by atoms with van der Waals surface area (Å²) in [6.07, 6.45) is 2.76. The van der Waals surface area contributed by atoms with Crippen molar-refractivity contribution in [3.8, 4) is 0 Å². The van der Waals surface area contributed by atoms with Crippen LogP contribution < -0.4 is 0 Å². The molecule has 0 unspecified atom stereocenters. The van der Waals surface area contributed by atoms with Crippen molar-refractivity contribution in [2.45, 2.75) is 32.1 Å². The van der Waals surface area contributed by atoms with Gasteiger partial charge in [-0.1, -0.05) is 30.3 Å². The lowest BCUT2D eigenvalue weighted by molar-refractivity contribution is -0.0616. The Morgan fingerprint density at radius 1 is 1.00 bits per heavy atom. The van der Waals surface area contributed by atoms with E-state index in [9.17, 15) is 0 Å². The molecular formula is C18H24N4O2. The SMILES string of the molecule is c1ccc(CCc2nc3n(n2)CCN(CC2OCCO2)CC3)cc1. The van der Waals surface area contributed by atoms with Crippen LogP contribution in [0.25, 0.3) is 0 Å². The second-order valence-corrected chi connectivity index (χ2v) is 6.37. The summed E-state index contributed by atoms with van der Waals surface area (Å²) in [6, 6.07) is 10.5. The predicted octanol–water partition coefficient (Wildman–Crippen LogP) is 1.29. The first-order valence-corrected chi connectivity index (χ1v) is 8.79. The second-order valence-electron chi connectivity index (χ2n) is 6.37. The Bertz CT molecular complexity index is 627. The van der Waals surface area contributed by atoms with Gasteiger partial charge in [0.05, 0.1) is 19.8 Å². The van der Waals surface area contributed by atoms with Gasteiger partial charge in [0, 0.05) is 32.5 Å². The van der Waals surface area contributed by atoms with Gasteiger partial charge in [0.25, 0.3) is 0 Å². The third-order valence-electron chi connectivity index (χ3n) is 4.65. The summed E-state index contributed by atoms with van der Waals surface area (Å²) in [5.41, 5.74) is 1.34. The molecule has 2 aliphatic rings. The zero-order valence-corrected chi connectivity index (χ0v) is 13.9. The Morgan fingerprint density at radius 3 is 2.67 bits per heavy atom. The molecule has 24 heavy (non-hydrogen) atoms. The number of nitrogens with zero attached hydrogens (tertiary/aromatic N) is 4. The smallest absolute Gasteiger partial charge is 0.170 e. The summed E-state index contributed by atoms with van der Waals surface area (Å²) in [7, 11) is 0. The van der Waals surface area contributed by atoms with Crippen LogP contribution in [-0.4, -0.2) is 58.8 Å². The predicted molar refractivity (Wildman–Crippen MR) is 89.7 cm³/mol. The van der Waals surface area contributed by atoms with Gasteiger partial charge >= 0.3 is 0 Å². The first-order chi connectivity index (χ1) is 11.9. The molecular weight excluding hydrogens is 304 g/mol. The van der Waals surface area contributed by atoms with E-state index in [1.165, 1.54) is 5.56 Å². The minimum Gasteiger partial charge on any atom is -0.349 e. The van der Waals surface area contributed by atoms with Crippen molar-refractivity contribution in [1.29, 1.82) is 0 Å². The number of hydrogen-bond donors (Lipinski definition) is 0. The standard InChI is InChI=1S/C18H24N4O2/c1-2-4-15(5-3-1)6-7-16-19-17-8-9-21(10-11-22(17)20-16)14-18-23-12-13-24-18/h1-5,18H,6-14H2. The minimum absolute atomic E-state index is 0.0650. The molecule has 0 bridgehead atoms. The van der Waals surface area contributed by atoms with E-state index in [-0.39, 0.29) is 6.29 Å². The molecule has 0 amide bonds. The molecule has 1 aromatic heterocycles. The molecule has 2 aromatic rings. The van der Waals surface area contributed by atoms with Crippen LogP contribution in [0.3, 0.4) is 0 Å². The number of fused-ring (bicyclic) bond motifs is 1. The highest BCUT2D eigenvalue weighted by atomic mass is 16.7. The van der Waals surface area contributed by atoms with Gasteiger partial charge < -0.3 is 9.47 Å². The highest BCUT2D eigenvalue weighted by Crippen LogP contribution is 2.12. The van der Waals surface area contributed by atoms with Gasteiger partial charge in [0.2, 0.25) is 0 Å². The van der Waals surface area contributed by atoms with E-state index in [0.29, 0.717) is 13.2 Å². The molecule has 6 nitrogen and oxygen atoms in total. The van der Waals surface area contributed by atoms with E-state index in [4.69, 9.17) is 19.6 Å². The lowest BCUT2D eigenvalue weighted by atomic mass is 10.1. The molecule has 0 radical (unpaired) electrons. The summed E-state index contributed by atoms with van der Waals surface area (Å²) in [5.74, 6) is 2.07. The summed E-state index contributed by atoms with van der Waals surface area (Å²) in [5, 5.41) is 4.71. The molecule has 0 saturated carbocycles. The van der Waals surface area contributed by atoms with Gasteiger partial charge in [0.15, 0.2) is 12.1 Å². The van der Waals surface area contributed by atoms with Crippen molar-refractivity contribution in [2.24, 2.45) is 0 Å². The highest BCUT2D eigenvalue weighted by molar-refractivity contribution is 5.15. The van der Waals surface area contributed by atoms with Crippen molar-refractivity contribution in [2.75, 3.05) is 32.8 Å². The average molecular weight is 328 g/mol. The van der Waals surface area contributed by atoms with Gasteiger partial charge in [-0.2, -0.15) is 5.10 Å². The highest BCUT2D eigenvalue weighted by Gasteiger charge is 2.22. The topological polar surface area (TPSA) is 52.4 Å². The van der Waals surface area contributed by atoms with Gasteiger partial charge in [-0.15, -0.1) is 0 Å². The Kier molecular flexibility index (Phi) is 4.87. The fourth-order valence-electron chi connectivity index (χ4n) is 3.31. The normalized spacial score (nSPS) is 19.3. The molecule has 0 spiro atoms. The molecule has 1 saturated heterocycles. The van der Waals surface area contributed by atoms with Crippen LogP contribution in [-0.2, 0) is 35.3 Å². The maximum Gasteiger partial charge on any atom is 0.170 e. The molecule has 0 aliphatic carbocycles. The van der Waals surface area contributed by atoms with Crippen LogP contribution in [0.15, 0.2) is 30.3 Å². The summed E-state index contributed by atoms with van der Waals surface area (Å²) in [6.45, 7) is 5.11. The Labute approximate surface area is 142 Å². The molecule has 128 valence electrons. The maximum absolute atomic E-state index is 5.55. The van der Waals surface area contributed by atoms with Crippen LogP contribution >= 0.6 is 0 Å². The van der Waals surface area contributed by atoms with Crippen molar-refractivity contribution in [3.63, 3.8) is 0 Å². The molecule has 6 heteroatoms. The first-order valence-electron chi connectivity index (χ1n) is 8.79. The lowest BCUT2D eigenvalue weighted by Gasteiger charge is -2.22. The molecule has 0 atom stereocenters. The quantitative estimate of drug-likeness (QED) is 0.828. The second kappa shape index (κ2) is 7.42. The number of aromatic nitrogens is 3. The van der Waals surface area contributed by atoms with E-state index in [2.05, 4.69) is 33.8 Å². The number of hydrogen-bond acceptors (Lipinski definition) is 5. The minimum atomic E-state index is -0.0650. The van der Waals surface area contributed by atoms with Crippen LogP contribution in [0.5, 0.6) is 0 Å². The van der Waals surface area contributed by atoms with Crippen molar-refractivity contribution in [1.82, 2.24) is 19.7 Å². The third-order valence-corrected chi connectivity index (χ3v) is 4.65. The molecule has 3 heterocycles. The number of ether oxygens (including phenoxy) is 2. The van der Waals surface area contributed by atoms with E-state index >= 15 is 0 Å². The zero-order valence-electron chi connectivity index (χ0n) is 13.9. The van der Waals surface area contributed by atoms with Crippen LogP contribution in [0, 0.1) is 0 Å². The third kappa shape index (κ3) is 3.83. The monoisotopic (exact) mass is 328 g/mol. The van der Waals surface area contributed by atoms with E-state index in [0.717, 1.165) is 57.1 Å².